The van der Waals surface area contributed by atoms with Crippen molar-refractivity contribution in [2.75, 3.05) is 6.61 Å². The standard InChI is InChI=1S/C19H24F3N3O3/c1-11-15(19(20,21)22)25-16(23-11)13-7-5-12(6-8-13)9-14(10-26)24-17(27)28-18(2,3)4/h5-8,14,26H,9-10H2,1-4H3,(H,23,25)(H,24,27)/t14-/m1/s1. The number of H-pyrrole nitrogens is 1. The van der Waals surface area contributed by atoms with Crippen LogP contribution in [-0.4, -0.2) is 39.4 Å². The molecule has 1 aromatic heterocycles. The fraction of sp³-hybridized carbons (Fsp3) is 0.474. The molecule has 0 fully saturated rings. The zero-order valence-corrected chi connectivity index (χ0v) is 16.1. The number of alkyl halides is 3. The van der Waals surface area contributed by atoms with Gasteiger partial charge in [-0.05, 0) is 39.7 Å². The Morgan fingerprint density at radius 2 is 1.86 bits per heavy atom. The van der Waals surface area contributed by atoms with Gasteiger partial charge in [0.05, 0.1) is 12.6 Å². The summed E-state index contributed by atoms with van der Waals surface area (Å²) in [7, 11) is 0. The van der Waals surface area contributed by atoms with Crippen LogP contribution >= 0.6 is 0 Å². The number of benzene rings is 1. The van der Waals surface area contributed by atoms with Gasteiger partial charge < -0.3 is 20.1 Å². The Kier molecular flexibility index (Phi) is 6.38. The Hall–Kier alpha value is -2.55. The summed E-state index contributed by atoms with van der Waals surface area (Å²) in [6, 6.07) is 6.13. The highest BCUT2D eigenvalue weighted by Gasteiger charge is 2.36. The summed E-state index contributed by atoms with van der Waals surface area (Å²) < 4.78 is 43.8. The molecule has 1 atom stereocenters. The van der Waals surface area contributed by atoms with Crippen LogP contribution in [0, 0.1) is 6.92 Å². The van der Waals surface area contributed by atoms with E-state index in [1.54, 1.807) is 45.0 Å². The third-order valence-corrected chi connectivity index (χ3v) is 3.80. The summed E-state index contributed by atoms with van der Waals surface area (Å²) in [4.78, 5) is 18.1. The van der Waals surface area contributed by atoms with E-state index in [-0.39, 0.29) is 18.1 Å². The normalized spacial score (nSPS) is 13.3. The number of carbonyl (C=O) groups is 1. The SMILES string of the molecule is Cc1[nH]c(-c2ccc(C[C@H](CO)NC(=O)OC(C)(C)C)cc2)nc1C(F)(F)F. The molecule has 0 radical (unpaired) electrons. The summed E-state index contributed by atoms with van der Waals surface area (Å²) in [5.74, 6) is 0.127. The van der Waals surface area contributed by atoms with Gasteiger partial charge in [0.25, 0.3) is 0 Å². The molecule has 2 rings (SSSR count). The van der Waals surface area contributed by atoms with Gasteiger partial charge in [0, 0.05) is 11.3 Å². The number of aliphatic hydroxyl groups is 1. The molecule has 3 N–H and O–H groups in total. The van der Waals surface area contributed by atoms with Gasteiger partial charge in [0.15, 0.2) is 5.69 Å². The van der Waals surface area contributed by atoms with E-state index in [4.69, 9.17) is 4.74 Å². The average molecular weight is 399 g/mol. The van der Waals surface area contributed by atoms with Crippen molar-refractivity contribution in [1.82, 2.24) is 15.3 Å². The van der Waals surface area contributed by atoms with Gasteiger partial charge in [0.1, 0.15) is 11.4 Å². The molecule has 1 aromatic carbocycles. The first-order valence-corrected chi connectivity index (χ1v) is 8.72. The Morgan fingerprint density at radius 1 is 1.25 bits per heavy atom. The predicted octanol–water partition coefficient (Wildman–Crippen LogP) is 3.83. The molecule has 0 spiro atoms. The van der Waals surface area contributed by atoms with Crippen molar-refractivity contribution in [1.29, 1.82) is 0 Å². The van der Waals surface area contributed by atoms with Crippen LogP contribution in [0.4, 0.5) is 18.0 Å². The number of carbonyl (C=O) groups excluding carboxylic acids is 1. The number of rotatable bonds is 5. The van der Waals surface area contributed by atoms with E-state index in [0.717, 1.165) is 5.56 Å². The van der Waals surface area contributed by atoms with Crippen LogP contribution in [-0.2, 0) is 17.3 Å². The summed E-state index contributed by atoms with van der Waals surface area (Å²) >= 11 is 0. The van der Waals surface area contributed by atoms with Crippen LogP contribution in [0.1, 0.15) is 37.7 Å². The molecule has 0 aliphatic carbocycles. The number of ether oxygens (including phenoxy) is 1. The van der Waals surface area contributed by atoms with Gasteiger partial charge in [0.2, 0.25) is 0 Å². The number of hydrogen-bond donors (Lipinski definition) is 3. The zero-order valence-electron chi connectivity index (χ0n) is 16.1. The van der Waals surface area contributed by atoms with Crippen molar-refractivity contribution in [2.45, 2.75) is 51.9 Å². The maximum atomic E-state index is 12.9. The number of aromatic nitrogens is 2. The first-order valence-electron chi connectivity index (χ1n) is 8.72. The second-order valence-electron chi connectivity index (χ2n) is 7.48. The molecule has 1 amide bonds. The number of aliphatic hydroxyl groups excluding tert-OH is 1. The van der Waals surface area contributed by atoms with Crippen molar-refractivity contribution in [3.63, 3.8) is 0 Å². The van der Waals surface area contributed by atoms with E-state index >= 15 is 0 Å². The minimum absolute atomic E-state index is 0.0477. The number of nitrogens with one attached hydrogen (secondary N) is 2. The van der Waals surface area contributed by atoms with E-state index in [1.165, 1.54) is 6.92 Å². The van der Waals surface area contributed by atoms with Crippen molar-refractivity contribution in [3.8, 4) is 11.4 Å². The first kappa shape index (κ1) is 21.7. The molecular weight excluding hydrogens is 375 g/mol. The number of nitrogens with zero attached hydrogens (tertiary/aromatic N) is 1. The van der Waals surface area contributed by atoms with E-state index < -0.39 is 29.6 Å². The predicted molar refractivity (Wildman–Crippen MR) is 97.7 cm³/mol. The Balaban J connectivity index is 2.07. The highest BCUT2D eigenvalue weighted by molar-refractivity contribution is 5.68. The number of halogens is 3. The van der Waals surface area contributed by atoms with Crippen LogP contribution in [0.2, 0.25) is 0 Å². The highest BCUT2D eigenvalue weighted by atomic mass is 19.4. The monoisotopic (exact) mass is 399 g/mol. The van der Waals surface area contributed by atoms with Crippen LogP contribution < -0.4 is 5.32 Å². The molecule has 28 heavy (non-hydrogen) atoms. The molecule has 9 heteroatoms. The third-order valence-electron chi connectivity index (χ3n) is 3.80. The summed E-state index contributed by atoms with van der Waals surface area (Å²) in [5.41, 5.74) is -0.342. The molecule has 6 nitrogen and oxygen atoms in total. The number of imidazole rings is 1. The lowest BCUT2D eigenvalue weighted by Gasteiger charge is -2.22. The maximum Gasteiger partial charge on any atom is 0.435 e. The van der Waals surface area contributed by atoms with Gasteiger partial charge in [-0.25, -0.2) is 9.78 Å². The van der Waals surface area contributed by atoms with Crippen LogP contribution in [0.25, 0.3) is 11.4 Å². The van der Waals surface area contributed by atoms with Gasteiger partial charge in [-0.1, -0.05) is 24.3 Å². The third kappa shape index (κ3) is 5.98. The van der Waals surface area contributed by atoms with Crippen molar-refractivity contribution in [2.24, 2.45) is 0 Å². The number of aryl methyl sites for hydroxylation is 1. The Morgan fingerprint density at radius 3 is 2.32 bits per heavy atom. The lowest BCUT2D eigenvalue weighted by atomic mass is 10.0. The van der Waals surface area contributed by atoms with Gasteiger partial charge in [-0.2, -0.15) is 13.2 Å². The minimum atomic E-state index is -4.51. The van der Waals surface area contributed by atoms with Crippen LogP contribution in [0.5, 0.6) is 0 Å². The lowest BCUT2D eigenvalue weighted by Crippen LogP contribution is -2.42. The molecule has 154 valence electrons. The van der Waals surface area contributed by atoms with E-state index in [9.17, 15) is 23.1 Å². The number of hydrogen-bond acceptors (Lipinski definition) is 4. The molecular formula is C19H24F3N3O3. The minimum Gasteiger partial charge on any atom is -0.444 e. The van der Waals surface area contributed by atoms with E-state index in [0.29, 0.717) is 12.0 Å². The van der Waals surface area contributed by atoms with E-state index in [1.807, 2.05) is 0 Å². The topological polar surface area (TPSA) is 87.2 Å². The number of alkyl carbamates (subject to hydrolysis) is 1. The second-order valence-corrected chi connectivity index (χ2v) is 7.48. The van der Waals surface area contributed by atoms with Crippen molar-refractivity contribution in [3.05, 3.63) is 41.2 Å². The molecule has 1 heterocycles. The summed E-state index contributed by atoms with van der Waals surface area (Å²) in [6.07, 6.45) is -4.81. The maximum absolute atomic E-state index is 12.9. The van der Waals surface area contributed by atoms with Crippen molar-refractivity contribution < 1.29 is 27.8 Å². The molecule has 0 saturated carbocycles. The van der Waals surface area contributed by atoms with Gasteiger partial charge in [-0.15, -0.1) is 0 Å². The first-order chi connectivity index (χ1) is 12.9. The molecule has 0 saturated heterocycles. The molecule has 0 unspecified atom stereocenters. The Bertz CT molecular complexity index is 809. The molecule has 2 aromatic rings. The zero-order chi connectivity index (χ0) is 21.1. The smallest absolute Gasteiger partial charge is 0.435 e. The fourth-order valence-electron chi connectivity index (χ4n) is 2.59. The summed E-state index contributed by atoms with van der Waals surface area (Å²) in [5, 5.41) is 12.1. The molecule has 0 aliphatic rings. The lowest BCUT2D eigenvalue weighted by molar-refractivity contribution is -0.141. The quantitative estimate of drug-likeness (QED) is 0.713. The largest absolute Gasteiger partial charge is 0.444 e. The van der Waals surface area contributed by atoms with Crippen LogP contribution in [0.3, 0.4) is 0 Å². The molecule has 0 aliphatic heterocycles. The average Bonchev–Trinajstić information content (AvgIpc) is 2.95. The van der Waals surface area contributed by atoms with Crippen molar-refractivity contribution >= 4 is 6.09 Å². The Labute approximate surface area is 161 Å². The second kappa shape index (κ2) is 8.22. The fourth-order valence-corrected chi connectivity index (χ4v) is 2.59. The van der Waals surface area contributed by atoms with Crippen LogP contribution in [0.15, 0.2) is 24.3 Å². The molecule has 0 bridgehead atoms. The summed E-state index contributed by atoms with van der Waals surface area (Å²) in [6.45, 7) is 6.24. The van der Waals surface area contributed by atoms with Gasteiger partial charge >= 0.3 is 12.3 Å². The highest BCUT2D eigenvalue weighted by Crippen LogP contribution is 2.32. The van der Waals surface area contributed by atoms with E-state index in [2.05, 4.69) is 15.3 Å². The number of amides is 1. The number of aromatic amines is 1. The van der Waals surface area contributed by atoms with Gasteiger partial charge in [-0.3, -0.25) is 0 Å².